The van der Waals surface area contributed by atoms with Gasteiger partial charge in [-0.3, -0.25) is 0 Å². The minimum Gasteiger partial charge on any atom is -0.385 e. The van der Waals surface area contributed by atoms with Gasteiger partial charge in [-0.15, -0.1) is 0 Å². The van der Waals surface area contributed by atoms with E-state index in [4.69, 9.17) is 13.6 Å². The Morgan fingerprint density at radius 3 is 0.504 bits per heavy atom. The van der Waals surface area contributed by atoms with Gasteiger partial charge in [0.05, 0.1) is 0 Å². The third-order valence-electron chi connectivity index (χ3n) is 23.6. The third kappa shape index (κ3) is 32.3. The van der Waals surface area contributed by atoms with Gasteiger partial charge in [0.25, 0.3) is 0 Å². The highest BCUT2D eigenvalue weighted by molar-refractivity contribution is 7.49. The Kier molecular flexibility index (Phi) is 42.0. The average molecular weight is 1540 g/mol. The molecule has 0 amide bonds. The highest BCUT2D eigenvalue weighted by atomic mass is 31.2. The first kappa shape index (κ1) is 89.5. The van der Waals surface area contributed by atoms with Gasteiger partial charge < -0.3 is 13.6 Å². The fourth-order valence-electron chi connectivity index (χ4n) is 16.3. The Morgan fingerprint density at radius 1 is 0.177 bits per heavy atom. The monoisotopic (exact) mass is 1540 g/mol. The van der Waals surface area contributed by atoms with Gasteiger partial charge in [-0.25, -0.2) is 0 Å². The Balaban J connectivity index is 1.13. The third-order valence-corrected chi connectivity index (χ3v) is 24.9. The smallest absolute Gasteiger partial charge is 0.385 e. The number of unbranched alkanes of at least 4 members (excludes halogenated alkanes) is 36. The molecule has 0 aliphatic heterocycles. The summed E-state index contributed by atoms with van der Waals surface area (Å²) in [4.78, 5) is 0. The zero-order chi connectivity index (χ0) is 79.0. The molecule has 0 saturated heterocycles. The topological polar surface area (TPSA) is 44.8 Å². The molecule has 0 fully saturated rings. The van der Waals surface area contributed by atoms with Crippen molar-refractivity contribution in [3.05, 3.63) is 234 Å². The lowest BCUT2D eigenvalue weighted by atomic mass is 9.95. The first-order valence-electron chi connectivity index (χ1n) is 46.3. The van der Waals surface area contributed by atoms with E-state index in [0.29, 0.717) is 17.2 Å². The van der Waals surface area contributed by atoms with Crippen LogP contribution < -0.4 is 13.6 Å². The van der Waals surface area contributed by atoms with Gasteiger partial charge in [0.2, 0.25) is 0 Å². The number of hydrogen-bond donors (Lipinski definition) is 0. The SMILES string of the molecule is CCCCCCCCCc1ccc(-c2ccc(OP(=O)(Oc3ccc(-c4ccc(CCCCCCCCC)cc4)cc3-c3ccc(CCCCCCCCC)cc3)Oc3ccc(-c4ccc(CCCCCCCCC)cc4)cc3-c3ccc(CCCCCCCCC)cc3)c(-c3ccc(CCCCCCCCC)cc3)c2)cc1. The number of phosphoric ester groups is 1. The van der Waals surface area contributed by atoms with Gasteiger partial charge in [0.1, 0.15) is 17.2 Å². The predicted molar refractivity (Wildman–Crippen MR) is 492 cm³/mol. The largest absolute Gasteiger partial charge is 0.647 e. The summed E-state index contributed by atoms with van der Waals surface area (Å²) in [6.07, 6.45) is 60.2. The molecule has 9 rings (SSSR count). The molecule has 0 unspecified atom stereocenters. The van der Waals surface area contributed by atoms with E-state index < -0.39 is 7.82 Å². The van der Waals surface area contributed by atoms with Crippen molar-refractivity contribution in [1.82, 2.24) is 0 Å². The second kappa shape index (κ2) is 53.0. The Labute approximate surface area is 688 Å². The van der Waals surface area contributed by atoms with E-state index in [1.807, 2.05) is 18.2 Å². The van der Waals surface area contributed by atoms with Crippen LogP contribution in [0.25, 0.3) is 66.8 Å². The van der Waals surface area contributed by atoms with Crippen LogP contribution in [0.15, 0.2) is 200 Å². The molecule has 5 heteroatoms. The molecule has 0 radical (unpaired) electrons. The summed E-state index contributed by atoms with van der Waals surface area (Å²) in [7, 11) is -4.79. The van der Waals surface area contributed by atoms with Gasteiger partial charge in [0.15, 0.2) is 0 Å². The van der Waals surface area contributed by atoms with Gasteiger partial charge in [-0.2, -0.15) is 4.57 Å². The van der Waals surface area contributed by atoms with Crippen molar-refractivity contribution in [2.24, 2.45) is 0 Å². The van der Waals surface area contributed by atoms with Gasteiger partial charge in [-0.05, 0) is 197 Å². The minimum atomic E-state index is -4.79. The number of benzene rings is 9. The summed E-state index contributed by atoms with van der Waals surface area (Å²) in [6.45, 7) is 13.7. The summed E-state index contributed by atoms with van der Waals surface area (Å²) in [5.41, 5.74) is 19.9. The van der Waals surface area contributed by atoms with Crippen LogP contribution in [0.4, 0.5) is 0 Å². The summed E-state index contributed by atoms with van der Waals surface area (Å²) in [6, 6.07) is 73.6. The van der Waals surface area contributed by atoms with Crippen LogP contribution in [-0.2, 0) is 43.1 Å². The molecule has 4 nitrogen and oxygen atoms in total. The molecule has 608 valence electrons. The minimum absolute atomic E-state index is 0.418. The zero-order valence-electron chi connectivity index (χ0n) is 71.6. The number of phosphoric acid groups is 1. The normalized spacial score (nSPS) is 11.6. The van der Waals surface area contributed by atoms with Crippen molar-refractivity contribution in [3.63, 3.8) is 0 Å². The first-order valence-corrected chi connectivity index (χ1v) is 47.8. The molecule has 0 heterocycles. The first-order chi connectivity index (χ1) is 55.7. The molecule has 0 saturated carbocycles. The highest BCUT2D eigenvalue weighted by Crippen LogP contribution is 2.56. The van der Waals surface area contributed by atoms with E-state index in [1.165, 1.54) is 284 Å². The predicted octanol–water partition coefficient (Wildman–Crippen LogP) is 35.1. The lowest BCUT2D eigenvalue weighted by molar-refractivity contribution is 0.299. The summed E-state index contributed by atoms with van der Waals surface area (Å²) >= 11 is 0. The molecule has 0 bridgehead atoms. The van der Waals surface area contributed by atoms with Crippen LogP contribution in [0.2, 0.25) is 0 Å². The maximum Gasteiger partial charge on any atom is 0.647 e. The van der Waals surface area contributed by atoms with Crippen LogP contribution in [0, 0.1) is 0 Å². The number of rotatable bonds is 60. The lowest BCUT2D eigenvalue weighted by Crippen LogP contribution is -2.09. The van der Waals surface area contributed by atoms with E-state index in [0.717, 1.165) is 125 Å². The standard InChI is InChI=1S/C108H147O4P/c1-7-13-19-25-31-37-43-49-88-55-67-94(68-56-88)100-79-82-106(103(85-100)97-73-61-91(62-74-97)52-46-40-34-28-22-16-10-4)110-113(109,111-107-83-80-101(95-69-57-89(58-70-95)50-44-38-32-26-20-14-8-2)86-104(107)98-75-63-92(64-76-98)53-47-41-35-29-23-17-11-5)112-108-84-81-102(96-71-59-90(60-72-96)51-45-39-33-27-21-15-9-3)87-105(108)99-77-65-93(66-78-99)54-48-42-36-30-24-18-12-6/h55-87H,7-54H2,1-6H3. The van der Waals surface area contributed by atoms with Crippen LogP contribution in [0.3, 0.4) is 0 Å². The van der Waals surface area contributed by atoms with Crippen molar-refractivity contribution >= 4 is 7.82 Å². The fourth-order valence-corrected chi connectivity index (χ4v) is 17.6. The van der Waals surface area contributed by atoms with Crippen molar-refractivity contribution in [3.8, 4) is 84.0 Å². The molecule has 0 aromatic heterocycles. The van der Waals surface area contributed by atoms with E-state index in [-0.39, 0.29) is 0 Å². The molecular formula is C108H147O4P. The van der Waals surface area contributed by atoms with E-state index in [2.05, 4.69) is 224 Å². The summed E-state index contributed by atoms with van der Waals surface area (Å²) in [5, 5.41) is 0. The maximum atomic E-state index is 17.4. The van der Waals surface area contributed by atoms with E-state index in [1.54, 1.807) is 0 Å². The summed E-state index contributed by atoms with van der Waals surface area (Å²) in [5.74, 6) is 1.25. The van der Waals surface area contributed by atoms with Crippen LogP contribution in [0.1, 0.15) is 345 Å². The molecular weight excluding hydrogens is 1390 g/mol. The molecule has 0 aliphatic carbocycles. The molecule has 9 aromatic carbocycles. The highest BCUT2D eigenvalue weighted by Gasteiger charge is 2.37. The molecule has 0 aliphatic rings. The maximum absolute atomic E-state index is 17.4. The van der Waals surface area contributed by atoms with E-state index >= 15 is 4.57 Å². The van der Waals surface area contributed by atoms with E-state index in [9.17, 15) is 0 Å². The molecule has 0 N–H and O–H groups in total. The van der Waals surface area contributed by atoms with Crippen LogP contribution in [-0.4, -0.2) is 0 Å². The number of aryl methyl sites for hydroxylation is 6. The van der Waals surface area contributed by atoms with Gasteiger partial charge >= 0.3 is 7.82 Å². The second-order valence-corrected chi connectivity index (χ2v) is 34.7. The van der Waals surface area contributed by atoms with Gasteiger partial charge in [-0.1, -0.05) is 436 Å². The Morgan fingerprint density at radius 2 is 0.327 bits per heavy atom. The lowest BCUT2D eigenvalue weighted by Gasteiger charge is -2.24. The number of hydrogen-bond acceptors (Lipinski definition) is 4. The Bertz CT molecular complexity index is 3630. The Hall–Kier alpha value is -7.39. The molecule has 0 atom stereocenters. The van der Waals surface area contributed by atoms with Crippen molar-refractivity contribution in [2.45, 2.75) is 350 Å². The van der Waals surface area contributed by atoms with Crippen molar-refractivity contribution in [1.29, 1.82) is 0 Å². The quantitative estimate of drug-likeness (QED) is 0.0281. The molecule has 113 heavy (non-hydrogen) atoms. The van der Waals surface area contributed by atoms with Crippen LogP contribution >= 0.6 is 7.82 Å². The summed E-state index contributed by atoms with van der Waals surface area (Å²) < 4.78 is 39.3. The molecule has 9 aromatic rings. The van der Waals surface area contributed by atoms with Gasteiger partial charge in [0, 0.05) is 16.7 Å². The molecule has 0 spiro atoms. The van der Waals surface area contributed by atoms with Crippen molar-refractivity contribution < 1.29 is 18.1 Å². The van der Waals surface area contributed by atoms with Crippen LogP contribution in [0.5, 0.6) is 17.2 Å². The fraction of sp³-hybridized carbons (Fsp3) is 0.500. The average Bonchev–Trinajstić information content (AvgIpc) is 0.776. The zero-order valence-corrected chi connectivity index (χ0v) is 72.5. The van der Waals surface area contributed by atoms with Crippen molar-refractivity contribution in [2.75, 3.05) is 0 Å². The second-order valence-electron chi connectivity index (χ2n) is 33.3.